The van der Waals surface area contributed by atoms with E-state index in [1.165, 1.54) is 11.3 Å². The number of thiophene rings is 1. The average molecular weight is 215 g/mol. The molecule has 1 amide bonds. The van der Waals surface area contributed by atoms with Crippen LogP contribution < -0.4 is 5.32 Å². The van der Waals surface area contributed by atoms with E-state index in [1.807, 2.05) is 23.8 Å². The number of thioether (sulfide) groups is 1. The molecule has 0 fully saturated rings. The average Bonchev–Trinajstić information content (AvgIpc) is 2.66. The van der Waals surface area contributed by atoms with Crippen LogP contribution in [-0.2, 0) is 0 Å². The Bertz CT molecular complexity index is 259. The van der Waals surface area contributed by atoms with E-state index in [4.69, 9.17) is 0 Å². The molecule has 1 atom stereocenters. The van der Waals surface area contributed by atoms with Gasteiger partial charge in [-0.2, -0.15) is 11.8 Å². The summed E-state index contributed by atoms with van der Waals surface area (Å²) < 4.78 is 0. The van der Waals surface area contributed by atoms with Gasteiger partial charge in [-0.05, 0) is 17.7 Å². The molecule has 0 bridgehead atoms. The Labute approximate surface area is 86.7 Å². The molecule has 0 aliphatic carbocycles. The fourth-order valence-corrected chi connectivity index (χ4v) is 1.70. The van der Waals surface area contributed by atoms with Crippen molar-refractivity contribution >= 4 is 29.0 Å². The number of hydrogen-bond donors (Lipinski definition) is 1. The van der Waals surface area contributed by atoms with Gasteiger partial charge in [0.05, 0.1) is 4.88 Å². The first-order valence-corrected chi connectivity index (χ1v) is 6.25. The minimum atomic E-state index is 0.0379. The lowest BCUT2D eigenvalue weighted by Crippen LogP contribution is -2.28. The van der Waals surface area contributed by atoms with Crippen molar-refractivity contribution in [3.8, 4) is 0 Å². The molecule has 72 valence electrons. The summed E-state index contributed by atoms with van der Waals surface area (Å²) in [5.41, 5.74) is 0. The summed E-state index contributed by atoms with van der Waals surface area (Å²) in [7, 11) is 0. The van der Waals surface area contributed by atoms with E-state index in [0.29, 0.717) is 5.25 Å². The molecule has 0 saturated heterocycles. The molecule has 0 aliphatic rings. The van der Waals surface area contributed by atoms with Gasteiger partial charge in [-0.15, -0.1) is 11.3 Å². The van der Waals surface area contributed by atoms with Crippen LogP contribution in [0.3, 0.4) is 0 Å². The Kier molecular flexibility index (Phi) is 4.32. The van der Waals surface area contributed by atoms with Crippen molar-refractivity contribution in [1.29, 1.82) is 0 Å². The maximum absolute atomic E-state index is 11.4. The van der Waals surface area contributed by atoms with Gasteiger partial charge in [-0.3, -0.25) is 4.79 Å². The molecule has 1 heterocycles. The minimum Gasteiger partial charge on any atom is -0.350 e. The third-order valence-electron chi connectivity index (χ3n) is 1.70. The van der Waals surface area contributed by atoms with Crippen LogP contribution in [0.25, 0.3) is 0 Å². The number of hydrogen-bond acceptors (Lipinski definition) is 3. The second kappa shape index (κ2) is 5.29. The Morgan fingerprint density at radius 2 is 2.54 bits per heavy atom. The van der Waals surface area contributed by atoms with Crippen LogP contribution in [0.15, 0.2) is 17.5 Å². The minimum absolute atomic E-state index is 0.0379. The van der Waals surface area contributed by atoms with Gasteiger partial charge in [-0.1, -0.05) is 13.0 Å². The summed E-state index contributed by atoms with van der Waals surface area (Å²) >= 11 is 3.22. The zero-order valence-electron chi connectivity index (χ0n) is 7.74. The monoisotopic (exact) mass is 215 g/mol. The maximum atomic E-state index is 11.4. The van der Waals surface area contributed by atoms with E-state index in [-0.39, 0.29) is 5.91 Å². The van der Waals surface area contributed by atoms with E-state index in [2.05, 4.69) is 12.2 Å². The zero-order chi connectivity index (χ0) is 9.68. The number of carbonyl (C=O) groups is 1. The van der Waals surface area contributed by atoms with Gasteiger partial charge in [0.15, 0.2) is 0 Å². The smallest absolute Gasteiger partial charge is 0.261 e. The van der Waals surface area contributed by atoms with Gasteiger partial charge in [0.2, 0.25) is 0 Å². The number of amides is 1. The standard InChI is InChI=1S/C9H13NOS2/c1-7(12-2)6-10-9(11)8-4-3-5-13-8/h3-5,7H,6H2,1-2H3,(H,10,11). The number of carbonyl (C=O) groups excluding carboxylic acids is 1. The van der Waals surface area contributed by atoms with Gasteiger partial charge in [0, 0.05) is 11.8 Å². The Morgan fingerprint density at radius 3 is 3.08 bits per heavy atom. The largest absolute Gasteiger partial charge is 0.350 e. The van der Waals surface area contributed by atoms with Crippen LogP contribution >= 0.6 is 23.1 Å². The van der Waals surface area contributed by atoms with E-state index in [1.54, 1.807) is 11.8 Å². The molecule has 2 nitrogen and oxygen atoms in total. The molecule has 13 heavy (non-hydrogen) atoms. The molecule has 0 aliphatic heterocycles. The highest BCUT2D eigenvalue weighted by molar-refractivity contribution is 7.99. The number of rotatable bonds is 4. The molecule has 0 saturated carbocycles. The quantitative estimate of drug-likeness (QED) is 0.834. The Morgan fingerprint density at radius 1 is 1.77 bits per heavy atom. The first kappa shape index (κ1) is 10.6. The highest BCUT2D eigenvalue weighted by atomic mass is 32.2. The maximum Gasteiger partial charge on any atom is 0.261 e. The second-order valence-electron chi connectivity index (χ2n) is 2.73. The fourth-order valence-electron chi connectivity index (χ4n) is 0.815. The lowest BCUT2D eigenvalue weighted by atomic mass is 10.4. The summed E-state index contributed by atoms with van der Waals surface area (Å²) in [4.78, 5) is 12.2. The highest BCUT2D eigenvalue weighted by Gasteiger charge is 2.06. The van der Waals surface area contributed by atoms with Crippen LogP contribution in [0.5, 0.6) is 0 Å². The molecule has 0 aromatic carbocycles. The van der Waals surface area contributed by atoms with Crippen molar-refractivity contribution < 1.29 is 4.79 Å². The van der Waals surface area contributed by atoms with Gasteiger partial charge in [-0.25, -0.2) is 0 Å². The zero-order valence-corrected chi connectivity index (χ0v) is 9.37. The summed E-state index contributed by atoms with van der Waals surface area (Å²) in [6.07, 6.45) is 2.04. The molecule has 1 aromatic heterocycles. The van der Waals surface area contributed by atoms with Crippen molar-refractivity contribution in [1.82, 2.24) is 5.32 Å². The molecule has 1 rings (SSSR count). The molecule has 0 spiro atoms. The van der Waals surface area contributed by atoms with Crippen LogP contribution in [0.4, 0.5) is 0 Å². The molecule has 1 aromatic rings. The van der Waals surface area contributed by atoms with Crippen molar-refractivity contribution in [2.45, 2.75) is 12.2 Å². The van der Waals surface area contributed by atoms with Crippen molar-refractivity contribution in [3.63, 3.8) is 0 Å². The van der Waals surface area contributed by atoms with Gasteiger partial charge >= 0.3 is 0 Å². The first-order chi connectivity index (χ1) is 6.24. The predicted octanol–water partition coefficient (Wildman–Crippen LogP) is 2.23. The van der Waals surface area contributed by atoms with Crippen molar-refractivity contribution in [3.05, 3.63) is 22.4 Å². The summed E-state index contributed by atoms with van der Waals surface area (Å²) in [6.45, 7) is 2.83. The molecule has 1 N–H and O–H groups in total. The topological polar surface area (TPSA) is 29.1 Å². The van der Waals surface area contributed by atoms with Crippen LogP contribution in [0.2, 0.25) is 0 Å². The SMILES string of the molecule is CSC(C)CNC(=O)c1cccs1. The van der Waals surface area contributed by atoms with Gasteiger partial charge in [0.25, 0.3) is 5.91 Å². The third-order valence-corrected chi connectivity index (χ3v) is 3.54. The van der Waals surface area contributed by atoms with E-state index < -0.39 is 0 Å². The second-order valence-corrected chi connectivity index (χ2v) is 4.96. The normalized spacial score (nSPS) is 12.5. The lowest BCUT2D eigenvalue weighted by Gasteiger charge is -2.08. The van der Waals surface area contributed by atoms with Crippen LogP contribution in [0, 0.1) is 0 Å². The van der Waals surface area contributed by atoms with Crippen molar-refractivity contribution in [2.24, 2.45) is 0 Å². The van der Waals surface area contributed by atoms with E-state index in [9.17, 15) is 4.79 Å². The summed E-state index contributed by atoms with van der Waals surface area (Å²) in [5.74, 6) is 0.0379. The lowest BCUT2D eigenvalue weighted by molar-refractivity contribution is 0.0958. The molecular weight excluding hydrogens is 202 g/mol. The van der Waals surface area contributed by atoms with Gasteiger partial charge < -0.3 is 5.32 Å². The molecule has 1 unspecified atom stereocenters. The fraction of sp³-hybridized carbons (Fsp3) is 0.444. The number of nitrogens with one attached hydrogen (secondary N) is 1. The first-order valence-electron chi connectivity index (χ1n) is 4.08. The van der Waals surface area contributed by atoms with E-state index in [0.717, 1.165) is 11.4 Å². The molecule has 0 radical (unpaired) electrons. The highest BCUT2D eigenvalue weighted by Crippen LogP contribution is 2.08. The third kappa shape index (κ3) is 3.40. The van der Waals surface area contributed by atoms with E-state index >= 15 is 0 Å². The summed E-state index contributed by atoms with van der Waals surface area (Å²) in [5, 5.41) is 5.27. The molecular formula is C9H13NOS2. The summed E-state index contributed by atoms with van der Waals surface area (Å²) in [6, 6.07) is 3.72. The predicted molar refractivity (Wildman–Crippen MR) is 59.6 cm³/mol. The van der Waals surface area contributed by atoms with Crippen LogP contribution in [-0.4, -0.2) is 24.0 Å². The van der Waals surface area contributed by atoms with Gasteiger partial charge in [0.1, 0.15) is 0 Å². The van der Waals surface area contributed by atoms with Crippen LogP contribution in [0.1, 0.15) is 16.6 Å². The Hall–Kier alpha value is -0.480. The Balaban J connectivity index is 2.35. The molecule has 4 heteroatoms. The van der Waals surface area contributed by atoms with Crippen molar-refractivity contribution in [2.75, 3.05) is 12.8 Å².